The molecule has 0 aromatic rings. The Morgan fingerprint density at radius 1 is 1.00 bits per heavy atom. The van der Waals surface area contributed by atoms with E-state index in [0.29, 0.717) is 13.2 Å². The average Bonchev–Trinajstić information content (AvgIpc) is 2.59. The maximum atomic E-state index is 13.2. The number of carbonyl (C=O) groups is 3. The zero-order chi connectivity index (χ0) is 23.6. The largest absolute Gasteiger partial charge is 0.519 e. The molecule has 0 radical (unpaired) electrons. The van der Waals surface area contributed by atoms with E-state index in [2.05, 4.69) is 0 Å². The summed E-state index contributed by atoms with van der Waals surface area (Å²) in [4.78, 5) is 38.2. The second-order valence-corrected chi connectivity index (χ2v) is 15.3. The minimum Gasteiger partial charge on any atom is -0.519 e. The standard InChI is InChI=1S/C22H42O6SSi/c1-10-11-12-27-19(24)21(3,4)16-22(5,20(25)28-30(7,8)9)15-17(2)18(23)26-13-14-29-6/h17H,10-16H2,1-9H3. The molecule has 2 atom stereocenters. The van der Waals surface area contributed by atoms with E-state index in [-0.39, 0.29) is 30.7 Å². The molecule has 0 saturated heterocycles. The topological polar surface area (TPSA) is 78.9 Å². The van der Waals surface area contributed by atoms with Crippen molar-refractivity contribution >= 4 is 38.0 Å². The van der Waals surface area contributed by atoms with Crippen LogP contribution >= 0.6 is 11.8 Å². The van der Waals surface area contributed by atoms with E-state index in [9.17, 15) is 14.4 Å². The molecule has 0 N–H and O–H groups in total. The van der Waals surface area contributed by atoms with Gasteiger partial charge in [0.05, 0.1) is 23.4 Å². The molecule has 176 valence electrons. The van der Waals surface area contributed by atoms with E-state index in [4.69, 9.17) is 13.9 Å². The number of hydrogen-bond donors (Lipinski definition) is 0. The van der Waals surface area contributed by atoms with E-state index in [1.165, 1.54) is 0 Å². The van der Waals surface area contributed by atoms with Gasteiger partial charge in [0.15, 0.2) is 0 Å². The quantitative estimate of drug-likeness (QED) is 0.203. The first-order chi connectivity index (χ1) is 13.7. The van der Waals surface area contributed by atoms with Crippen LogP contribution in [0.5, 0.6) is 0 Å². The molecule has 30 heavy (non-hydrogen) atoms. The lowest BCUT2D eigenvalue weighted by molar-refractivity contribution is -0.160. The Hall–Kier alpha value is -1.02. The van der Waals surface area contributed by atoms with Gasteiger partial charge in [0.25, 0.3) is 5.97 Å². The third-order valence-electron chi connectivity index (χ3n) is 4.70. The summed E-state index contributed by atoms with van der Waals surface area (Å²) < 4.78 is 16.5. The van der Waals surface area contributed by atoms with Crippen molar-refractivity contribution in [1.82, 2.24) is 0 Å². The van der Waals surface area contributed by atoms with Crippen molar-refractivity contribution in [2.75, 3.05) is 25.2 Å². The molecule has 0 amide bonds. The zero-order valence-corrected chi connectivity index (χ0v) is 22.2. The van der Waals surface area contributed by atoms with Crippen LogP contribution in [0.4, 0.5) is 0 Å². The molecule has 6 nitrogen and oxygen atoms in total. The Morgan fingerprint density at radius 3 is 2.10 bits per heavy atom. The maximum Gasteiger partial charge on any atom is 0.311 e. The van der Waals surface area contributed by atoms with Gasteiger partial charge in [-0.2, -0.15) is 11.8 Å². The average molecular weight is 463 g/mol. The Labute approximate surface area is 188 Å². The highest BCUT2D eigenvalue weighted by molar-refractivity contribution is 7.98. The molecule has 8 heteroatoms. The van der Waals surface area contributed by atoms with Crippen LogP contribution in [0.25, 0.3) is 0 Å². The second-order valence-electron chi connectivity index (χ2n) is 9.88. The van der Waals surface area contributed by atoms with Crippen LogP contribution < -0.4 is 0 Å². The molecule has 0 spiro atoms. The lowest BCUT2D eigenvalue weighted by atomic mass is 9.70. The minimum atomic E-state index is -2.15. The van der Waals surface area contributed by atoms with Crippen LogP contribution in [0.15, 0.2) is 0 Å². The van der Waals surface area contributed by atoms with Crippen molar-refractivity contribution in [2.45, 2.75) is 79.9 Å². The van der Waals surface area contributed by atoms with Crippen LogP contribution in [0.3, 0.4) is 0 Å². The molecule has 0 aliphatic carbocycles. The van der Waals surface area contributed by atoms with Crippen molar-refractivity contribution in [2.24, 2.45) is 16.7 Å². The van der Waals surface area contributed by atoms with E-state index in [0.717, 1.165) is 18.6 Å². The summed E-state index contributed by atoms with van der Waals surface area (Å²) in [5.74, 6) is -0.792. The molecule has 0 aliphatic heterocycles. The number of hydrogen-bond acceptors (Lipinski definition) is 7. The van der Waals surface area contributed by atoms with Crippen molar-refractivity contribution in [1.29, 1.82) is 0 Å². The summed E-state index contributed by atoms with van der Waals surface area (Å²) in [5, 5.41) is 0. The van der Waals surface area contributed by atoms with E-state index >= 15 is 0 Å². The lowest BCUT2D eigenvalue weighted by Crippen LogP contribution is -2.44. The Bertz CT molecular complexity index is 572. The van der Waals surface area contributed by atoms with E-state index in [1.807, 2.05) is 32.8 Å². The molecule has 0 saturated carbocycles. The van der Waals surface area contributed by atoms with Gasteiger partial charge in [-0.15, -0.1) is 0 Å². The molecular formula is C22H42O6SSi. The molecule has 2 unspecified atom stereocenters. The molecule has 0 bridgehead atoms. The number of carbonyl (C=O) groups excluding carboxylic acids is 3. The van der Waals surface area contributed by atoms with Crippen LogP contribution in [-0.2, 0) is 28.3 Å². The first-order valence-electron chi connectivity index (χ1n) is 10.7. The monoisotopic (exact) mass is 462 g/mol. The van der Waals surface area contributed by atoms with Gasteiger partial charge in [0.2, 0.25) is 8.32 Å². The van der Waals surface area contributed by atoms with Gasteiger partial charge < -0.3 is 13.9 Å². The summed E-state index contributed by atoms with van der Waals surface area (Å²) in [6, 6.07) is 0. The van der Waals surface area contributed by atoms with Gasteiger partial charge >= 0.3 is 11.9 Å². The van der Waals surface area contributed by atoms with Crippen LogP contribution in [0.1, 0.15) is 60.3 Å². The van der Waals surface area contributed by atoms with Gasteiger partial charge in [0.1, 0.15) is 6.61 Å². The summed E-state index contributed by atoms with van der Waals surface area (Å²) in [6.07, 6.45) is 4.17. The number of ether oxygens (including phenoxy) is 2. The summed E-state index contributed by atoms with van der Waals surface area (Å²) in [7, 11) is -2.15. The fourth-order valence-electron chi connectivity index (χ4n) is 3.31. The van der Waals surface area contributed by atoms with E-state index in [1.54, 1.807) is 39.5 Å². The fraction of sp³-hybridized carbons (Fsp3) is 0.864. The second kappa shape index (κ2) is 12.7. The SMILES string of the molecule is CCCCOC(=O)C(C)(C)CC(C)(CC(C)C(=O)OCCSC)C(=O)O[Si](C)(C)C. The van der Waals surface area contributed by atoms with Gasteiger partial charge in [-0.1, -0.05) is 20.3 Å². The fourth-order valence-corrected chi connectivity index (χ4v) is 4.36. The Morgan fingerprint density at radius 2 is 1.60 bits per heavy atom. The van der Waals surface area contributed by atoms with Gasteiger partial charge in [0, 0.05) is 5.75 Å². The number of esters is 2. The molecule has 0 rings (SSSR count). The Kier molecular flexibility index (Phi) is 12.3. The molecule has 0 aliphatic rings. The van der Waals surface area contributed by atoms with Crippen LogP contribution in [0, 0.1) is 16.7 Å². The smallest absolute Gasteiger partial charge is 0.311 e. The Balaban J connectivity index is 5.50. The molecule has 0 aromatic carbocycles. The molecule has 0 fully saturated rings. The predicted molar refractivity (Wildman–Crippen MR) is 125 cm³/mol. The van der Waals surface area contributed by atoms with Crippen molar-refractivity contribution in [3.05, 3.63) is 0 Å². The molecule has 0 heterocycles. The zero-order valence-electron chi connectivity index (χ0n) is 20.4. The summed E-state index contributed by atoms with van der Waals surface area (Å²) in [6.45, 7) is 15.7. The van der Waals surface area contributed by atoms with Gasteiger partial charge in [-0.25, -0.2) is 0 Å². The first kappa shape index (κ1) is 29.0. The van der Waals surface area contributed by atoms with Crippen LogP contribution in [-0.4, -0.2) is 51.4 Å². The predicted octanol–water partition coefficient (Wildman–Crippen LogP) is 5.06. The van der Waals surface area contributed by atoms with Crippen LogP contribution in [0.2, 0.25) is 19.6 Å². The molecular weight excluding hydrogens is 420 g/mol. The van der Waals surface area contributed by atoms with Gasteiger partial charge in [-0.05, 0) is 65.9 Å². The highest BCUT2D eigenvalue weighted by Gasteiger charge is 2.46. The van der Waals surface area contributed by atoms with Crippen molar-refractivity contribution < 1.29 is 28.3 Å². The number of rotatable bonds is 14. The van der Waals surface area contributed by atoms with Crippen molar-refractivity contribution in [3.8, 4) is 0 Å². The van der Waals surface area contributed by atoms with Gasteiger partial charge in [-0.3, -0.25) is 14.4 Å². The highest BCUT2D eigenvalue weighted by Crippen LogP contribution is 2.41. The third kappa shape index (κ3) is 10.8. The summed E-state index contributed by atoms with van der Waals surface area (Å²) >= 11 is 1.60. The van der Waals surface area contributed by atoms with Crippen molar-refractivity contribution in [3.63, 3.8) is 0 Å². The van der Waals surface area contributed by atoms with E-state index < -0.39 is 25.1 Å². The number of unbranched alkanes of at least 4 members (excludes halogenated alkanes) is 1. The minimum absolute atomic E-state index is 0.233. The maximum absolute atomic E-state index is 13.2. The first-order valence-corrected chi connectivity index (χ1v) is 15.5. The third-order valence-corrected chi connectivity index (χ3v) is 6.07. The normalized spacial score (nSPS) is 15.1. The lowest BCUT2D eigenvalue weighted by Gasteiger charge is -2.37. The highest BCUT2D eigenvalue weighted by atomic mass is 32.2. The summed E-state index contributed by atoms with van der Waals surface area (Å²) in [5.41, 5.74) is -1.89. The number of thioether (sulfide) groups is 1. The molecule has 0 aromatic heterocycles.